The molecule has 1 amide bonds. The van der Waals surface area contributed by atoms with E-state index >= 15 is 0 Å². The van der Waals surface area contributed by atoms with Crippen LogP contribution >= 0.6 is 0 Å². The molecule has 33 heavy (non-hydrogen) atoms. The number of fused-ring (bicyclic) bond motifs is 1. The molecular formula is C27H25NO5. The van der Waals surface area contributed by atoms with Crippen molar-refractivity contribution in [3.05, 3.63) is 87.9 Å². The Morgan fingerprint density at radius 3 is 2.48 bits per heavy atom. The van der Waals surface area contributed by atoms with Crippen molar-refractivity contribution >= 4 is 23.1 Å². The van der Waals surface area contributed by atoms with E-state index in [1.54, 1.807) is 31.2 Å². The number of aliphatic hydroxyl groups excluding tert-OH is 1. The van der Waals surface area contributed by atoms with Gasteiger partial charge in [0.15, 0.2) is 0 Å². The SMILES string of the molecule is Cc1ccc(C2/C(=C(/O)c3ccc4c(c3)CC(C)O4)C(=O)C(=O)N2c2ccc(C)c(C)c2)o1. The Kier molecular flexibility index (Phi) is 4.89. The standard InChI is InChI=1S/C27H25NO5/c1-14-5-8-20(11-15(14)2)28-24(22-9-6-16(3)32-22)23(26(30)27(28)31)25(29)18-7-10-21-19(13-18)12-17(4)33-21/h5-11,13,17,24,29H,12H2,1-4H3/b25-23-. The van der Waals surface area contributed by atoms with Gasteiger partial charge in [0.25, 0.3) is 11.7 Å². The predicted molar refractivity (Wildman–Crippen MR) is 124 cm³/mol. The Hall–Kier alpha value is -3.80. The lowest BCUT2D eigenvalue weighted by Crippen LogP contribution is -2.29. The fourth-order valence-electron chi connectivity index (χ4n) is 4.57. The maximum absolute atomic E-state index is 13.3. The molecular weight excluding hydrogens is 418 g/mol. The summed E-state index contributed by atoms with van der Waals surface area (Å²) < 4.78 is 11.6. The van der Waals surface area contributed by atoms with Crippen LogP contribution in [0.5, 0.6) is 5.75 Å². The highest BCUT2D eigenvalue weighted by molar-refractivity contribution is 6.51. The molecule has 5 rings (SSSR count). The maximum Gasteiger partial charge on any atom is 0.300 e. The highest BCUT2D eigenvalue weighted by Gasteiger charge is 2.48. The van der Waals surface area contributed by atoms with E-state index < -0.39 is 17.7 Å². The first-order valence-electron chi connectivity index (χ1n) is 11.0. The van der Waals surface area contributed by atoms with E-state index in [1.165, 1.54) is 4.90 Å². The summed E-state index contributed by atoms with van der Waals surface area (Å²) in [7, 11) is 0. The van der Waals surface area contributed by atoms with Crippen molar-refractivity contribution in [3.63, 3.8) is 0 Å². The Balaban J connectivity index is 1.68. The van der Waals surface area contributed by atoms with E-state index in [0.29, 0.717) is 29.2 Å². The number of amides is 1. The van der Waals surface area contributed by atoms with Crippen molar-refractivity contribution in [1.29, 1.82) is 0 Å². The number of ether oxygens (including phenoxy) is 1. The third kappa shape index (κ3) is 3.42. The van der Waals surface area contributed by atoms with Crippen molar-refractivity contribution in [3.8, 4) is 5.75 Å². The quantitative estimate of drug-likeness (QED) is 0.344. The number of rotatable bonds is 3. The lowest BCUT2D eigenvalue weighted by molar-refractivity contribution is -0.132. The van der Waals surface area contributed by atoms with Crippen LogP contribution in [0.3, 0.4) is 0 Å². The summed E-state index contributed by atoms with van der Waals surface area (Å²) in [5.74, 6) is 0.185. The largest absolute Gasteiger partial charge is 0.507 e. The summed E-state index contributed by atoms with van der Waals surface area (Å²) >= 11 is 0. The minimum atomic E-state index is -0.871. The highest BCUT2D eigenvalue weighted by Crippen LogP contribution is 2.43. The average Bonchev–Trinajstić information content (AvgIpc) is 3.44. The Labute approximate surface area is 192 Å². The first-order chi connectivity index (χ1) is 15.7. The number of hydrogen-bond acceptors (Lipinski definition) is 5. The van der Waals surface area contributed by atoms with E-state index in [9.17, 15) is 14.7 Å². The summed E-state index contributed by atoms with van der Waals surface area (Å²) in [6.45, 7) is 7.72. The molecule has 0 saturated carbocycles. The molecule has 1 saturated heterocycles. The van der Waals surface area contributed by atoms with Gasteiger partial charge in [0.2, 0.25) is 0 Å². The number of ketones is 1. The van der Waals surface area contributed by atoms with Gasteiger partial charge in [-0.3, -0.25) is 14.5 Å². The number of aryl methyl sites for hydroxylation is 3. The number of carbonyl (C=O) groups is 2. The molecule has 2 atom stereocenters. The number of benzene rings is 2. The molecule has 1 aromatic heterocycles. The van der Waals surface area contributed by atoms with Crippen LogP contribution in [0.25, 0.3) is 5.76 Å². The molecule has 0 spiro atoms. The second-order valence-corrected chi connectivity index (χ2v) is 8.84. The molecule has 0 radical (unpaired) electrons. The monoisotopic (exact) mass is 443 g/mol. The topological polar surface area (TPSA) is 80.0 Å². The molecule has 2 aliphatic heterocycles. The molecule has 0 bridgehead atoms. The van der Waals surface area contributed by atoms with Gasteiger partial charge in [-0.2, -0.15) is 0 Å². The van der Waals surface area contributed by atoms with Crippen LogP contribution in [-0.2, 0) is 16.0 Å². The smallest absolute Gasteiger partial charge is 0.300 e. The third-order valence-corrected chi connectivity index (χ3v) is 6.41. The van der Waals surface area contributed by atoms with Gasteiger partial charge < -0.3 is 14.3 Å². The molecule has 0 aliphatic carbocycles. The van der Waals surface area contributed by atoms with Crippen molar-refractivity contribution in [1.82, 2.24) is 0 Å². The number of Topliss-reactive ketones (excluding diaryl/α,β-unsaturated/α-hetero) is 1. The summed E-state index contributed by atoms with van der Waals surface area (Å²) in [5.41, 5.74) is 4.10. The zero-order valence-corrected chi connectivity index (χ0v) is 19.0. The van der Waals surface area contributed by atoms with Gasteiger partial charge in [0.1, 0.15) is 35.2 Å². The summed E-state index contributed by atoms with van der Waals surface area (Å²) in [6, 6.07) is 13.6. The normalized spacial score (nSPS) is 21.4. The van der Waals surface area contributed by atoms with Crippen LogP contribution in [0.15, 0.2) is 58.5 Å². The lowest BCUT2D eigenvalue weighted by atomic mass is 9.97. The van der Waals surface area contributed by atoms with Gasteiger partial charge in [-0.1, -0.05) is 6.07 Å². The molecule has 2 unspecified atom stereocenters. The van der Waals surface area contributed by atoms with E-state index in [1.807, 2.05) is 45.0 Å². The Morgan fingerprint density at radius 2 is 1.79 bits per heavy atom. The molecule has 3 heterocycles. The fraction of sp³-hybridized carbons (Fsp3) is 0.259. The van der Waals surface area contributed by atoms with Gasteiger partial charge in [0, 0.05) is 17.7 Å². The zero-order chi connectivity index (χ0) is 23.4. The van der Waals surface area contributed by atoms with Crippen LogP contribution < -0.4 is 9.64 Å². The number of nitrogens with zero attached hydrogens (tertiary/aromatic N) is 1. The molecule has 168 valence electrons. The highest BCUT2D eigenvalue weighted by atomic mass is 16.5. The van der Waals surface area contributed by atoms with Crippen LogP contribution in [0.1, 0.15) is 46.7 Å². The second-order valence-electron chi connectivity index (χ2n) is 8.84. The van der Waals surface area contributed by atoms with Crippen molar-refractivity contribution in [2.24, 2.45) is 0 Å². The van der Waals surface area contributed by atoms with E-state index in [4.69, 9.17) is 9.15 Å². The van der Waals surface area contributed by atoms with Crippen molar-refractivity contribution in [2.75, 3.05) is 4.90 Å². The first kappa shape index (κ1) is 21.1. The van der Waals surface area contributed by atoms with Crippen LogP contribution in [-0.4, -0.2) is 22.9 Å². The van der Waals surface area contributed by atoms with Gasteiger partial charge in [0.05, 0.1) is 5.57 Å². The van der Waals surface area contributed by atoms with Gasteiger partial charge in [-0.05, 0) is 86.8 Å². The van der Waals surface area contributed by atoms with Crippen LogP contribution in [0.2, 0.25) is 0 Å². The minimum absolute atomic E-state index is 0.0134. The Bertz CT molecular complexity index is 1330. The van der Waals surface area contributed by atoms with Crippen molar-refractivity contribution < 1.29 is 23.8 Å². The summed E-state index contributed by atoms with van der Waals surface area (Å²) in [4.78, 5) is 27.9. The summed E-state index contributed by atoms with van der Waals surface area (Å²) in [5, 5.41) is 11.3. The van der Waals surface area contributed by atoms with E-state index in [2.05, 4.69) is 0 Å². The molecule has 6 nitrogen and oxygen atoms in total. The predicted octanol–water partition coefficient (Wildman–Crippen LogP) is 5.15. The summed E-state index contributed by atoms with van der Waals surface area (Å²) in [6.07, 6.45) is 0.771. The van der Waals surface area contributed by atoms with Crippen LogP contribution in [0.4, 0.5) is 5.69 Å². The molecule has 1 N–H and O–H groups in total. The number of furan rings is 1. The Morgan fingerprint density at radius 1 is 1.00 bits per heavy atom. The zero-order valence-electron chi connectivity index (χ0n) is 19.0. The average molecular weight is 443 g/mol. The number of aliphatic hydroxyl groups is 1. The van der Waals surface area contributed by atoms with Crippen molar-refractivity contribution in [2.45, 2.75) is 46.3 Å². The third-order valence-electron chi connectivity index (χ3n) is 6.41. The minimum Gasteiger partial charge on any atom is -0.507 e. The number of carbonyl (C=O) groups excluding carboxylic acids is 2. The van der Waals surface area contributed by atoms with Crippen LogP contribution in [0, 0.1) is 20.8 Å². The molecule has 2 aliphatic rings. The van der Waals surface area contributed by atoms with E-state index in [0.717, 1.165) is 22.4 Å². The molecule has 2 aromatic carbocycles. The van der Waals surface area contributed by atoms with Gasteiger partial charge in [-0.15, -0.1) is 0 Å². The molecule has 3 aromatic rings. The number of anilines is 1. The van der Waals surface area contributed by atoms with E-state index in [-0.39, 0.29) is 17.4 Å². The lowest BCUT2D eigenvalue weighted by Gasteiger charge is -2.24. The van der Waals surface area contributed by atoms with Gasteiger partial charge >= 0.3 is 0 Å². The maximum atomic E-state index is 13.3. The molecule has 1 fully saturated rings. The number of hydrogen-bond donors (Lipinski definition) is 1. The fourth-order valence-corrected chi connectivity index (χ4v) is 4.57. The first-order valence-corrected chi connectivity index (χ1v) is 11.0. The molecule has 6 heteroatoms. The second kappa shape index (κ2) is 7.66. The van der Waals surface area contributed by atoms with Gasteiger partial charge in [-0.25, -0.2) is 0 Å².